The van der Waals surface area contributed by atoms with Gasteiger partial charge in [-0.15, -0.1) is 0 Å². The minimum absolute atomic E-state index is 0.0935. The van der Waals surface area contributed by atoms with Crippen molar-refractivity contribution in [1.29, 1.82) is 0 Å². The van der Waals surface area contributed by atoms with Crippen molar-refractivity contribution in [1.82, 2.24) is 0 Å². The van der Waals surface area contributed by atoms with Crippen LogP contribution in [0.4, 0.5) is 11.4 Å². The molecule has 0 heterocycles. The second kappa shape index (κ2) is 7.83. The molecule has 2 aromatic rings. The molecule has 5 heteroatoms. The summed E-state index contributed by atoms with van der Waals surface area (Å²) >= 11 is 0. The summed E-state index contributed by atoms with van der Waals surface area (Å²) in [7, 11) is 1.62. The number of anilines is 2. The molecular formula is C17H19N3O2. The number of methoxy groups -OCH3 is 1. The first kappa shape index (κ1) is 15.6. The molecule has 2 N–H and O–H groups in total. The van der Waals surface area contributed by atoms with Crippen molar-refractivity contribution < 1.29 is 9.53 Å². The molecule has 0 aliphatic carbocycles. The standard InChI is InChI=1S/C17H19N3O2/c1-13(12-17(21)18-14-6-4-3-5-7-14)19-20-15-8-10-16(22-2)11-9-15/h3-11,20H,12H2,1-2H3,(H,18,21). The average molecular weight is 297 g/mol. The normalized spacial score (nSPS) is 10.9. The predicted octanol–water partition coefficient (Wildman–Crippen LogP) is 3.51. The van der Waals surface area contributed by atoms with Crippen LogP contribution >= 0.6 is 0 Å². The summed E-state index contributed by atoms with van der Waals surface area (Å²) in [6.07, 6.45) is 0.234. The SMILES string of the molecule is COc1ccc(NN=C(C)CC(=O)Nc2ccccc2)cc1. The van der Waals surface area contributed by atoms with Crippen LogP contribution in [0.2, 0.25) is 0 Å². The monoisotopic (exact) mass is 297 g/mol. The summed E-state index contributed by atoms with van der Waals surface area (Å²) in [6, 6.07) is 16.8. The highest BCUT2D eigenvalue weighted by Crippen LogP contribution is 2.15. The molecule has 0 atom stereocenters. The predicted molar refractivity (Wildman–Crippen MR) is 89.4 cm³/mol. The number of benzene rings is 2. The number of hydrazone groups is 1. The van der Waals surface area contributed by atoms with E-state index < -0.39 is 0 Å². The van der Waals surface area contributed by atoms with E-state index >= 15 is 0 Å². The Balaban J connectivity index is 1.85. The molecular weight excluding hydrogens is 278 g/mol. The van der Waals surface area contributed by atoms with Gasteiger partial charge in [0.1, 0.15) is 5.75 Å². The lowest BCUT2D eigenvalue weighted by atomic mass is 10.2. The van der Waals surface area contributed by atoms with Crippen molar-refractivity contribution in [2.45, 2.75) is 13.3 Å². The Kier molecular flexibility index (Phi) is 5.54. The van der Waals surface area contributed by atoms with Crippen molar-refractivity contribution in [3.63, 3.8) is 0 Å². The van der Waals surface area contributed by atoms with Crippen molar-refractivity contribution in [3.8, 4) is 5.75 Å². The minimum Gasteiger partial charge on any atom is -0.497 e. The van der Waals surface area contributed by atoms with Crippen LogP contribution in [0.15, 0.2) is 59.7 Å². The molecule has 0 radical (unpaired) electrons. The third kappa shape index (κ3) is 4.94. The number of carbonyl (C=O) groups excluding carboxylic acids is 1. The molecule has 0 spiro atoms. The van der Waals surface area contributed by atoms with Crippen LogP contribution in [0.1, 0.15) is 13.3 Å². The lowest BCUT2D eigenvalue weighted by Crippen LogP contribution is -2.15. The first-order valence-electron chi connectivity index (χ1n) is 6.95. The van der Waals surface area contributed by atoms with Gasteiger partial charge >= 0.3 is 0 Å². The topological polar surface area (TPSA) is 62.7 Å². The van der Waals surface area contributed by atoms with Crippen LogP contribution in [-0.2, 0) is 4.79 Å². The highest BCUT2D eigenvalue weighted by atomic mass is 16.5. The Morgan fingerprint density at radius 2 is 1.73 bits per heavy atom. The third-order valence-corrected chi connectivity index (χ3v) is 2.94. The van der Waals surface area contributed by atoms with E-state index in [1.54, 1.807) is 14.0 Å². The second-order valence-corrected chi connectivity index (χ2v) is 4.78. The number of hydrogen-bond donors (Lipinski definition) is 2. The lowest BCUT2D eigenvalue weighted by Gasteiger charge is -2.06. The molecule has 22 heavy (non-hydrogen) atoms. The van der Waals surface area contributed by atoms with E-state index in [-0.39, 0.29) is 12.3 Å². The maximum atomic E-state index is 11.9. The van der Waals surface area contributed by atoms with Gasteiger partial charge in [0.2, 0.25) is 5.91 Å². The molecule has 0 aromatic heterocycles. The summed E-state index contributed by atoms with van der Waals surface area (Å²) in [4.78, 5) is 11.9. The first-order chi connectivity index (χ1) is 10.7. The Labute approximate surface area is 130 Å². The van der Waals surface area contributed by atoms with Gasteiger partial charge in [-0.05, 0) is 43.3 Å². The summed E-state index contributed by atoms with van der Waals surface area (Å²) < 4.78 is 5.09. The first-order valence-corrected chi connectivity index (χ1v) is 6.95. The van der Waals surface area contributed by atoms with Gasteiger partial charge in [0.05, 0.1) is 19.2 Å². The maximum absolute atomic E-state index is 11.9. The fourth-order valence-electron chi connectivity index (χ4n) is 1.82. The van der Waals surface area contributed by atoms with Gasteiger partial charge in [0.15, 0.2) is 0 Å². The number of amides is 1. The van der Waals surface area contributed by atoms with Gasteiger partial charge in [-0.2, -0.15) is 5.10 Å². The van der Waals surface area contributed by atoms with Gasteiger partial charge in [0, 0.05) is 11.4 Å². The molecule has 0 saturated heterocycles. The van der Waals surface area contributed by atoms with E-state index in [1.165, 1.54) is 0 Å². The van der Waals surface area contributed by atoms with E-state index in [1.807, 2.05) is 54.6 Å². The number of nitrogens with zero attached hydrogens (tertiary/aromatic N) is 1. The minimum atomic E-state index is -0.0935. The average Bonchev–Trinajstić information content (AvgIpc) is 2.54. The van der Waals surface area contributed by atoms with Crippen molar-refractivity contribution in [2.75, 3.05) is 17.9 Å². The molecule has 0 saturated carbocycles. The molecule has 0 bridgehead atoms. The Morgan fingerprint density at radius 1 is 1.05 bits per heavy atom. The summed E-state index contributed by atoms with van der Waals surface area (Å²) in [6.45, 7) is 1.81. The summed E-state index contributed by atoms with van der Waals surface area (Å²) in [5, 5.41) is 7.02. The van der Waals surface area contributed by atoms with Crippen LogP contribution in [0.5, 0.6) is 5.75 Å². The summed E-state index contributed by atoms with van der Waals surface area (Å²) in [5.41, 5.74) is 5.23. The second-order valence-electron chi connectivity index (χ2n) is 4.78. The van der Waals surface area contributed by atoms with Crippen LogP contribution in [0.3, 0.4) is 0 Å². The van der Waals surface area contributed by atoms with E-state index in [0.717, 1.165) is 17.1 Å². The smallest absolute Gasteiger partial charge is 0.230 e. The molecule has 0 fully saturated rings. The quantitative estimate of drug-likeness (QED) is 0.633. The Hall–Kier alpha value is -2.82. The molecule has 2 aromatic carbocycles. The molecule has 2 rings (SSSR count). The Bertz CT molecular complexity index is 637. The number of nitrogens with one attached hydrogen (secondary N) is 2. The number of ether oxygens (including phenoxy) is 1. The van der Waals surface area contributed by atoms with Crippen molar-refractivity contribution in [2.24, 2.45) is 5.10 Å². The molecule has 114 valence electrons. The number of rotatable bonds is 6. The van der Waals surface area contributed by atoms with Crippen molar-refractivity contribution in [3.05, 3.63) is 54.6 Å². The van der Waals surface area contributed by atoms with Crippen LogP contribution in [0.25, 0.3) is 0 Å². The van der Waals surface area contributed by atoms with Gasteiger partial charge in [-0.1, -0.05) is 18.2 Å². The number of carbonyl (C=O) groups is 1. The third-order valence-electron chi connectivity index (χ3n) is 2.94. The lowest BCUT2D eigenvalue weighted by molar-refractivity contribution is -0.115. The zero-order valence-electron chi connectivity index (χ0n) is 12.7. The highest BCUT2D eigenvalue weighted by molar-refractivity contribution is 6.05. The number of hydrogen-bond acceptors (Lipinski definition) is 4. The zero-order valence-corrected chi connectivity index (χ0v) is 12.7. The van der Waals surface area contributed by atoms with Gasteiger partial charge in [-0.25, -0.2) is 0 Å². The maximum Gasteiger partial charge on any atom is 0.230 e. The Morgan fingerprint density at radius 3 is 2.36 bits per heavy atom. The largest absolute Gasteiger partial charge is 0.497 e. The van der Waals surface area contributed by atoms with E-state index in [2.05, 4.69) is 15.8 Å². The van der Waals surface area contributed by atoms with Crippen LogP contribution < -0.4 is 15.5 Å². The zero-order chi connectivity index (χ0) is 15.8. The molecule has 5 nitrogen and oxygen atoms in total. The van der Waals surface area contributed by atoms with Crippen LogP contribution in [-0.4, -0.2) is 18.7 Å². The van der Waals surface area contributed by atoms with Gasteiger partial charge in [-0.3, -0.25) is 10.2 Å². The highest BCUT2D eigenvalue weighted by Gasteiger charge is 2.04. The number of para-hydroxylation sites is 1. The molecule has 0 unspecified atom stereocenters. The van der Waals surface area contributed by atoms with Gasteiger partial charge in [0.25, 0.3) is 0 Å². The van der Waals surface area contributed by atoms with E-state index in [9.17, 15) is 4.79 Å². The van der Waals surface area contributed by atoms with Crippen molar-refractivity contribution >= 4 is 23.0 Å². The fourth-order valence-corrected chi connectivity index (χ4v) is 1.82. The molecule has 1 amide bonds. The van der Waals surface area contributed by atoms with E-state index in [0.29, 0.717) is 5.71 Å². The fraction of sp³-hybridized carbons (Fsp3) is 0.176. The molecule has 0 aliphatic rings. The summed E-state index contributed by atoms with van der Waals surface area (Å²) in [5.74, 6) is 0.692. The van der Waals surface area contributed by atoms with Gasteiger partial charge < -0.3 is 10.1 Å². The molecule has 0 aliphatic heterocycles. The van der Waals surface area contributed by atoms with E-state index in [4.69, 9.17) is 4.74 Å². The van der Waals surface area contributed by atoms with Crippen LogP contribution in [0, 0.1) is 0 Å².